The van der Waals surface area contributed by atoms with Gasteiger partial charge in [0.05, 0.1) is 0 Å². The SMILES string of the molecule is CC(C)C(CCNc1c([N+](=O)[O-])ncn1C)CCC(=O)O. The summed E-state index contributed by atoms with van der Waals surface area (Å²) < 4.78 is 1.57. The molecule has 0 aliphatic heterocycles. The van der Waals surface area contributed by atoms with Crippen LogP contribution in [0.15, 0.2) is 6.33 Å². The zero-order chi connectivity index (χ0) is 16.0. The molecule has 1 heterocycles. The van der Waals surface area contributed by atoms with Gasteiger partial charge >= 0.3 is 11.8 Å². The summed E-state index contributed by atoms with van der Waals surface area (Å²) in [5.41, 5.74) is 0. The first-order valence-corrected chi connectivity index (χ1v) is 6.94. The van der Waals surface area contributed by atoms with Crippen molar-refractivity contribution < 1.29 is 14.8 Å². The maximum Gasteiger partial charge on any atom is 0.406 e. The topological polar surface area (TPSA) is 110 Å². The highest BCUT2D eigenvalue weighted by atomic mass is 16.6. The van der Waals surface area contributed by atoms with Gasteiger partial charge in [0, 0.05) is 20.0 Å². The number of aliphatic carboxylic acids is 1. The maximum atomic E-state index is 10.8. The second-order valence-corrected chi connectivity index (χ2v) is 5.44. The number of nitrogens with zero attached hydrogens (tertiary/aromatic N) is 3. The molecule has 1 aromatic rings. The zero-order valence-corrected chi connectivity index (χ0v) is 12.6. The van der Waals surface area contributed by atoms with E-state index >= 15 is 0 Å². The highest BCUT2D eigenvalue weighted by molar-refractivity contribution is 5.66. The van der Waals surface area contributed by atoms with Crippen LogP contribution in [0.25, 0.3) is 0 Å². The average Bonchev–Trinajstić information content (AvgIpc) is 2.74. The van der Waals surface area contributed by atoms with Crippen LogP contribution in [0.4, 0.5) is 11.6 Å². The van der Waals surface area contributed by atoms with Crippen LogP contribution in [-0.4, -0.2) is 32.1 Å². The van der Waals surface area contributed by atoms with Gasteiger partial charge in [0.25, 0.3) is 0 Å². The molecule has 0 aliphatic carbocycles. The third-order valence-electron chi connectivity index (χ3n) is 3.57. The third-order valence-corrected chi connectivity index (χ3v) is 3.57. The van der Waals surface area contributed by atoms with Crippen molar-refractivity contribution in [1.82, 2.24) is 9.55 Å². The van der Waals surface area contributed by atoms with Crippen LogP contribution in [0.2, 0.25) is 0 Å². The number of aromatic nitrogens is 2. The molecule has 0 fully saturated rings. The molecule has 0 amide bonds. The van der Waals surface area contributed by atoms with Gasteiger partial charge in [-0.2, -0.15) is 0 Å². The van der Waals surface area contributed by atoms with Gasteiger partial charge in [-0.25, -0.2) is 0 Å². The molecule has 8 nitrogen and oxygen atoms in total. The summed E-state index contributed by atoms with van der Waals surface area (Å²) in [5.74, 6) is 0.0225. The van der Waals surface area contributed by atoms with Gasteiger partial charge in [-0.15, -0.1) is 0 Å². The predicted molar refractivity (Wildman–Crippen MR) is 78.2 cm³/mol. The molecule has 0 saturated heterocycles. The summed E-state index contributed by atoms with van der Waals surface area (Å²) in [6.07, 6.45) is 2.91. The lowest BCUT2D eigenvalue weighted by atomic mass is 9.88. The van der Waals surface area contributed by atoms with Gasteiger partial charge in [0.15, 0.2) is 0 Å². The summed E-state index contributed by atoms with van der Waals surface area (Å²) in [4.78, 5) is 24.7. The molecule has 0 bridgehead atoms. The third kappa shape index (κ3) is 5.05. The second kappa shape index (κ2) is 7.61. The van der Waals surface area contributed by atoms with Crippen molar-refractivity contribution in [1.29, 1.82) is 0 Å². The van der Waals surface area contributed by atoms with Crippen LogP contribution >= 0.6 is 0 Å². The van der Waals surface area contributed by atoms with Crippen LogP contribution in [0.3, 0.4) is 0 Å². The Hall–Kier alpha value is -2.12. The number of hydrogen-bond donors (Lipinski definition) is 2. The van der Waals surface area contributed by atoms with Crippen molar-refractivity contribution in [3.8, 4) is 0 Å². The molecule has 0 saturated carbocycles. The number of anilines is 1. The van der Waals surface area contributed by atoms with E-state index in [0.717, 1.165) is 6.42 Å². The molecule has 1 unspecified atom stereocenters. The standard InChI is InChI=1S/C13H22N4O4/c1-9(2)10(4-5-11(18)19)6-7-14-12-13(17(20)21)15-8-16(12)3/h8-10,14H,4-7H2,1-3H3,(H,18,19). The first-order valence-electron chi connectivity index (χ1n) is 6.94. The molecule has 2 N–H and O–H groups in total. The van der Waals surface area contributed by atoms with E-state index in [1.165, 1.54) is 6.33 Å². The second-order valence-electron chi connectivity index (χ2n) is 5.44. The van der Waals surface area contributed by atoms with E-state index in [0.29, 0.717) is 24.7 Å². The number of carboxylic acid groups (broad SMARTS) is 1. The van der Waals surface area contributed by atoms with Crippen molar-refractivity contribution in [3.05, 3.63) is 16.4 Å². The van der Waals surface area contributed by atoms with E-state index in [4.69, 9.17) is 5.11 Å². The van der Waals surface area contributed by atoms with E-state index < -0.39 is 10.9 Å². The van der Waals surface area contributed by atoms with Crippen molar-refractivity contribution in [2.45, 2.75) is 33.1 Å². The van der Waals surface area contributed by atoms with E-state index in [-0.39, 0.29) is 18.2 Å². The Morgan fingerprint density at radius 3 is 2.71 bits per heavy atom. The van der Waals surface area contributed by atoms with E-state index in [9.17, 15) is 14.9 Å². The Balaban J connectivity index is 2.56. The summed E-state index contributed by atoms with van der Waals surface area (Å²) in [7, 11) is 1.69. The highest BCUT2D eigenvalue weighted by Crippen LogP contribution is 2.24. The van der Waals surface area contributed by atoms with Gasteiger partial charge in [-0.05, 0) is 34.6 Å². The molecule has 0 spiro atoms. The number of hydrogen-bond acceptors (Lipinski definition) is 5. The molecule has 8 heteroatoms. The molecule has 21 heavy (non-hydrogen) atoms. The molecule has 1 atom stereocenters. The molecule has 0 radical (unpaired) electrons. The minimum Gasteiger partial charge on any atom is -0.481 e. The van der Waals surface area contributed by atoms with Crippen LogP contribution in [0.1, 0.15) is 33.1 Å². The van der Waals surface area contributed by atoms with Crippen molar-refractivity contribution in [2.24, 2.45) is 18.9 Å². The van der Waals surface area contributed by atoms with Crippen LogP contribution in [0, 0.1) is 22.0 Å². The Morgan fingerprint density at radius 2 is 2.19 bits per heavy atom. The Labute approximate surface area is 123 Å². The Kier molecular flexibility index (Phi) is 6.13. The van der Waals surface area contributed by atoms with Gasteiger partial charge in [0.2, 0.25) is 12.1 Å². The predicted octanol–water partition coefficient (Wildman–Crippen LogP) is 2.27. The number of aryl methyl sites for hydroxylation is 1. The maximum absolute atomic E-state index is 10.8. The van der Waals surface area contributed by atoms with Crippen molar-refractivity contribution in [3.63, 3.8) is 0 Å². The average molecular weight is 298 g/mol. The smallest absolute Gasteiger partial charge is 0.406 e. The summed E-state index contributed by atoms with van der Waals surface area (Å²) in [6.45, 7) is 4.65. The van der Waals surface area contributed by atoms with Gasteiger partial charge < -0.3 is 20.5 Å². The molecule has 118 valence electrons. The summed E-state index contributed by atoms with van der Waals surface area (Å²) in [6, 6.07) is 0. The molecule has 0 aliphatic rings. The monoisotopic (exact) mass is 298 g/mol. The number of nitrogens with one attached hydrogen (secondary N) is 1. The minimum atomic E-state index is -0.795. The lowest BCUT2D eigenvalue weighted by Crippen LogP contribution is -2.17. The molecule has 1 aromatic heterocycles. The summed E-state index contributed by atoms with van der Waals surface area (Å²) >= 11 is 0. The van der Waals surface area contributed by atoms with E-state index in [1.54, 1.807) is 11.6 Å². The number of nitro groups is 1. The lowest BCUT2D eigenvalue weighted by molar-refractivity contribution is -0.388. The molecule has 1 rings (SSSR count). The highest BCUT2D eigenvalue weighted by Gasteiger charge is 2.20. The molecular formula is C13H22N4O4. The van der Waals surface area contributed by atoms with E-state index in [1.807, 2.05) is 0 Å². The number of carbonyl (C=O) groups is 1. The van der Waals surface area contributed by atoms with Crippen molar-refractivity contribution in [2.75, 3.05) is 11.9 Å². The normalized spacial score (nSPS) is 12.4. The van der Waals surface area contributed by atoms with Gasteiger partial charge in [0.1, 0.15) is 0 Å². The first-order chi connectivity index (χ1) is 9.82. The molecular weight excluding hydrogens is 276 g/mol. The van der Waals surface area contributed by atoms with Crippen LogP contribution in [-0.2, 0) is 11.8 Å². The lowest BCUT2D eigenvalue weighted by Gasteiger charge is -2.20. The summed E-state index contributed by atoms with van der Waals surface area (Å²) in [5, 5.41) is 22.6. The minimum absolute atomic E-state index is 0.148. The Morgan fingerprint density at radius 1 is 1.52 bits per heavy atom. The zero-order valence-electron chi connectivity index (χ0n) is 12.6. The number of carboxylic acids is 1. The van der Waals surface area contributed by atoms with E-state index in [2.05, 4.69) is 24.1 Å². The largest absolute Gasteiger partial charge is 0.481 e. The van der Waals surface area contributed by atoms with Crippen LogP contribution < -0.4 is 5.32 Å². The molecule has 0 aromatic carbocycles. The number of imidazole rings is 1. The number of rotatable bonds is 9. The fraction of sp³-hybridized carbons (Fsp3) is 0.692. The van der Waals surface area contributed by atoms with Gasteiger partial charge in [-0.3, -0.25) is 9.36 Å². The first kappa shape index (κ1) is 16.9. The van der Waals surface area contributed by atoms with Gasteiger partial charge in [-0.1, -0.05) is 13.8 Å². The van der Waals surface area contributed by atoms with Crippen molar-refractivity contribution >= 4 is 17.6 Å². The Bertz CT molecular complexity index is 498. The fourth-order valence-corrected chi connectivity index (χ4v) is 2.25. The van der Waals surface area contributed by atoms with Crippen LogP contribution in [0.5, 0.6) is 0 Å². The quantitative estimate of drug-likeness (QED) is 0.534. The fourth-order valence-electron chi connectivity index (χ4n) is 2.25.